The van der Waals surface area contributed by atoms with E-state index >= 15 is 0 Å². The first kappa shape index (κ1) is 37.0. The Labute approximate surface area is 288 Å². The van der Waals surface area contributed by atoms with E-state index in [1.165, 1.54) is 18.2 Å². The molecule has 1 aliphatic rings. The second kappa shape index (κ2) is 18.6. The predicted molar refractivity (Wildman–Crippen MR) is 179 cm³/mol. The third-order valence-electron chi connectivity index (χ3n) is 8.03. The molecule has 264 valence electrons. The van der Waals surface area contributed by atoms with Crippen molar-refractivity contribution in [3.63, 3.8) is 0 Å². The normalized spacial score (nSPS) is 14.3. The topological polar surface area (TPSA) is 202 Å². The summed E-state index contributed by atoms with van der Waals surface area (Å²) in [6.45, 7) is -0.339. The fraction of sp³-hybridized carbons (Fsp3) is 0.371. The number of benzene rings is 2. The van der Waals surface area contributed by atoms with Crippen molar-refractivity contribution in [2.24, 2.45) is 0 Å². The van der Waals surface area contributed by atoms with E-state index in [-0.39, 0.29) is 39.1 Å². The molecule has 0 spiro atoms. The third kappa shape index (κ3) is 10.6. The number of alkyl carbamates (subject to hydrolysis) is 1. The number of carbonyl (C=O) groups excluding carboxylic acids is 7. The van der Waals surface area contributed by atoms with E-state index in [1.54, 1.807) is 30.3 Å². The third-order valence-corrected chi connectivity index (χ3v) is 8.03. The van der Waals surface area contributed by atoms with E-state index in [2.05, 4.69) is 26.3 Å². The van der Waals surface area contributed by atoms with Crippen LogP contribution in [-0.2, 0) is 40.1 Å². The maximum absolute atomic E-state index is 13.0. The summed E-state index contributed by atoms with van der Waals surface area (Å²) in [4.78, 5) is 93.7. The molecule has 0 bridgehead atoms. The minimum atomic E-state index is -1.06. The highest BCUT2D eigenvalue weighted by molar-refractivity contribution is 6.38. The van der Waals surface area contributed by atoms with Gasteiger partial charge in [0.05, 0.1) is 31.3 Å². The Balaban J connectivity index is 1.17. The molecule has 1 aliphatic heterocycles. The number of methoxy groups -OCH3 is 1. The fourth-order valence-electron chi connectivity index (χ4n) is 5.46. The van der Waals surface area contributed by atoms with Crippen molar-refractivity contribution in [2.75, 3.05) is 33.3 Å². The molecule has 5 amide bonds. The van der Waals surface area contributed by atoms with Crippen LogP contribution in [0.2, 0.25) is 0 Å². The van der Waals surface area contributed by atoms with Gasteiger partial charge in [0.2, 0.25) is 17.6 Å². The van der Waals surface area contributed by atoms with Gasteiger partial charge in [-0.1, -0.05) is 48.5 Å². The molecule has 15 heteroatoms. The number of unbranched alkanes of at least 4 members (excludes halogenated alkanes) is 1. The number of amides is 5. The number of nitrogens with one attached hydrogen (secondary N) is 4. The van der Waals surface area contributed by atoms with Crippen LogP contribution in [0.25, 0.3) is 10.9 Å². The number of Topliss-reactive ketones (excluding diaryl/α,β-unsaturated/α-hetero) is 1. The highest BCUT2D eigenvalue weighted by Gasteiger charge is 2.37. The SMILES string of the molecule is COC(=O)[C@H](CCCCNC(=O)OCc1ccccc1)NC(=O)CNC(=O)C(=O)[C@@H]1CCCN1C(=O)CNC(=O)c1ccnc2ccccc12. The molecule has 1 aromatic heterocycles. The second-order valence-corrected chi connectivity index (χ2v) is 11.5. The summed E-state index contributed by atoms with van der Waals surface area (Å²) >= 11 is 0. The molecule has 50 heavy (non-hydrogen) atoms. The van der Waals surface area contributed by atoms with Crippen molar-refractivity contribution in [2.45, 2.75) is 50.8 Å². The highest BCUT2D eigenvalue weighted by atomic mass is 16.5. The number of ketones is 1. The highest BCUT2D eigenvalue weighted by Crippen LogP contribution is 2.19. The van der Waals surface area contributed by atoms with E-state index in [9.17, 15) is 33.6 Å². The Morgan fingerprint density at radius 3 is 2.44 bits per heavy atom. The number of ether oxygens (including phenoxy) is 2. The number of likely N-dealkylation sites (tertiary alicyclic amines) is 1. The molecular weight excluding hydrogens is 648 g/mol. The number of pyridine rings is 1. The number of carbonyl (C=O) groups is 7. The molecule has 2 heterocycles. The Hall–Kier alpha value is -5.86. The predicted octanol–water partition coefficient (Wildman–Crippen LogP) is 1.40. The molecule has 4 N–H and O–H groups in total. The Bertz CT molecular complexity index is 1690. The minimum Gasteiger partial charge on any atom is -0.467 e. The number of aromatic nitrogens is 1. The molecule has 1 saturated heterocycles. The van der Waals surface area contributed by atoms with E-state index in [0.29, 0.717) is 35.7 Å². The first-order valence-electron chi connectivity index (χ1n) is 16.2. The van der Waals surface area contributed by atoms with E-state index < -0.39 is 60.1 Å². The Morgan fingerprint density at radius 1 is 0.900 bits per heavy atom. The summed E-state index contributed by atoms with van der Waals surface area (Å²) in [7, 11) is 1.17. The zero-order valence-corrected chi connectivity index (χ0v) is 27.6. The zero-order chi connectivity index (χ0) is 35.9. The average molecular weight is 689 g/mol. The number of fused-ring (bicyclic) bond motifs is 1. The molecule has 0 unspecified atom stereocenters. The molecule has 0 saturated carbocycles. The average Bonchev–Trinajstić information content (AvgIpc) is 3.64. The Morgan fingerprint density at radius 2 is 1.66 bits per heavy atom. The lowest BCUT2D eigenvalue weighted by atomic mass is 10.1. The molecule has 3 aromatic rings. The zero-order valence-electron chi connectivity index (χ0n) is 27.6. The lowest BCUT2D eigenvalue weighted by Crippen LogP contribution is -2.51. The summed E-state index contributed by atoms with van der Waals surface area (Å²) in [6.07, 6.45) is 2.76. The Kier molecular flexibility index (Phi) is 13.8. The molecule has 2 aromatic carbocycles. The van der Waals surface area contributed by atoms with Gasteiger partial charge in [-0.05, 0) is 49.8 Å². The molecule has 0 radical (unpaired) electrons. The van der Waals surface area contributed by atoms with Gasteiger partial charge in [-0.2, -0.15) is 0 Å². The second-order valence-electron chi connectivity index (χ2n) is 11.5. The number of hydrogen-bond acceptors (Lipinski definition) is 10. The van der Waals surface area contributed by atoms with Gasteiger partial charge in [-0.15, -0.1) is 0 Å². The van der Waals surface area contributed by atoms with Crippen molar-refractivity contribution >= 4 is 52.4 Å². The molecule has 0 aliphatic carbocycles. The monoisotopic (exact) mass is 688 g/mol. The number of hydrogen-bond donors (Lipinski definition) is 4. The van der Waals surface area contributed by atoms with Crippen LogP contribution < -0.4 is 21.3 Å². The minimum absolute atomic E-state index is 0.132. The number of rotatable bonds is 16. The molecule has 1 fully saturated rings. The van der Waals surface area contributed by atoms with Crippen molar-refractivity contribution in [3.05, 3.63) is 78.0 Å². The van der Waals surface area contributed by atoms with Gasteiger partial charge in [-0.3, -0.25) is 29.0 Å². The van der Waals surface area contributed by atoms with Gasteiger partial charge in [0.1, 0.15) is 18.7 Å². The van der Waals surface area contributed by atoms with Crippen LogP contribution in [0.4, 0.5) is 4.79 Å². The van der Waals surface area contributed by atoms with Crippen LogP contribution in [0.15, 0.2) is 66.9 Å². The molecule has 2 atom stereocenters. The molecule has 4 rings (SSSR count). The van der Waals surface area contributed by atoms with Crippen LogP contribution in [0.5, 0.6) is 0 Å². The number of nitrogens with zero attached hydrogens (tertiary/aromatic N) is 2. The first-order valence-corrected chi connectivity index (χ1v) is 16.2. The van der Waals surface area contributed by atoms with E-state index in [1.807, 2.05) is 30.3 Å². The maximum Gasteiger partial charge on any atom is 0.407 e. The van der Waals surface area contributed by atoms with Gasteiger partial charge in [0.25, 0.3) is 11.8 Å². The van der Waals surface area contributed by atoms with Crippen LogP contribution in [0.3, 0.4) is 0 Å². The molecular formula is C35H40N6O9. The quantitative estimate of drug-likeness (QED) is 0.0968. The lowest BCUT2D eigenvalue weighted by molar-refractivity contribution is -0.145. The van der Waals surface area contributed by atoms with Gasteiger partial charge < -0.3 is 35.6 Å². The van der Waals surface area contributed by atoms with Crippen LogP contribution >= 0.6 is 0 Å². The van der Waals surface area contributed by atoms with E-state index in [0.717, 1.165) is 5.56 Å². The van der Waals surface area contributed by atoms with Gasteiger partial charge >= 0.3 is 12.1 Å². The summed E-state index contributed by atoms with van der Waals surface area (Å²) in [5, 5.41) is 10.6. The van der Waals surface area contributed by atoms with E-state index in [4.69, 9.17) is 9.47 Å². The summed E-state index contributed by atoms with van der Waals surface area (Å²) < 4.78 is 9.92. The van der Waals surface area contributed by atoms with Crippen molar-refractivity contribution in [1.82, 2.24) is 31.2 Å². The van der Waals surface area contributed by atoms with Gasteiger partial charge in [0.15, 0.2) is 0 Å². The van der Waals surface area contributed by atoms with Gasteiger partial charge in [-0.25, -0.2) is 9.59 Å². The largest absolute Gasteiger partial charge is 0.467 e. The van der Waals surface area contributed by atoms with Crippen molar-refractivity contribution in [3.8, 4) is 0 Å². The number of para-hydroxylation sites is 1. The van der Waals surface area contributed by atoms with Gasteiger partial charge in [0, 0.05) is 24.7 Å². The molecule has 15 nitrogen and oxygen atoms in total. The van der Waals surface area contributed by atoms with Crippen LogP contribution in [0, 0.1) is 0 Å². The number of esters is 1. The van der Waals surface area contributed by atoms with Crippen LogP contribution in [-0.4, -0.2) is 96.7 Å². The van der Waals surface area contributed by atoms with Crippen molar-refractivity contribution < 1.29 is 43.0 Å². The van der Waals surface area contributed by atoms with Crippen molar-refractivity contribution in [1.29, 1.82) is 0 Å². The standard InChI is InChI=1S/C35H40N6O9/c1-49-34(47)27(14-7-8-17-37-35(48)50-22-23-10-3-2-4-11-23)40-29(42)20-38-33(46)31(44)28-15-9-19-41(28)30(43)21-39-32(45)25-16-18-36-26-13-6-5-12-24(25)26/h2-6,10-13,16,18,27-28H,7-9,14-15,17,19-22H2,1H3,(H,37,48)(H,38,46)(H,39,45)(H,40,42)/t27-,28-/m0/s1. The van der Waals surface area contributed by atoms with Crippen LogP contribution in [0.1, 0.15) is 48.0 Å². The first-order chi connectivity index (χ1) is 24.2. The maximum atomic E-state index is 13.0. The lowest BCUT2D eigenvalue weighted by Gasteiger charge is -2.23. The smallest absolute Gasteiger partial charge is 0.407 e. The summed E-state index contributed by atoms with van der Waals surface area (Å²) in [6, 6.07) is 15.8. The fourth-order valence-corrected chi connectivity index (χ4v) is 5.46. The summed E-state index contributed by atoms with van der Waals surface area (Å²) in [5.74, 6) is -4.39. The summed E-state index contributed by atoms with van der Waals surface area (Å²) in [5.41, 5.74) is 1.82.